The minimum absolute atomic E-state index is 0.459. The molecule has 2 N–H and O–H groups in total. The lowest BCUT2D eigenvalue weighted by molar-refractivity contribution is 0.0256. The van der Waals surface area contributed by atoms with Crippen molar-refractivity contribution in [1.29, 1.82) is 0 Å². The first-order chi connectivity index (χ1) is 14.1. The van der Waals surface area contributed by atoms with Gasteiger partial charge in [-0.1, -0.05) is 6.07 Å². The zero-order valence-corrected chi connectivity index (χ0v) is 17.1. The number of rotatable bonds is 10. The number of hydrogen-bond donors (Lipinski definition) is 2. The molecule has 2 heterocycles. The van der Waals surface area contributed by atoms with Crippen molar-refractivity contribution in [2.45, 2.75) is 25.0 Å². The van der Waals surface area contributed by atoms with Crippen molar-refractivity contribution in [3.8, 4) is 11.5 Å². The summed E-state index contributed by atoms with van der Waals surface area (Å²) in [6, 6.07) is 7.63. The normalized spacial score (nSPS) is 19.2. The summed E-state index contributed by atoms with van der Waals surface area (Å²) in [5, 5.41) is 14.4. The van der Waals surface area contributed by atoms with Gasteiger partial charge in [-0.25, -0.2) is 9.97 Å². The van der Waals surface area contributed by atoms with Crippen LogP contribution in [-0.4, -0.2) is 67.7 Å². The molecule has 0 saturated carbocycles. The maximum Gasteiger partial charge on any atom is 0.225 e. The highest BCUT2D eigenvalue weighted by atomic mass is 16.5. The Balaban J connectivity index is 1.55. The lowest BCUT2D eigenvalue weighted by Gasteiger charge is -2.39. The van der Waals surface area contributed by atoms with E-state index in [4.69, 9.17) is 14.2 Å². The molecule has 29 heavy (non-hydrogen) atoms. The van der Waals surface area contributed by atoms with E-state index < -0.39 is 5.60 Å². The van der Waals surface area contributed by atoms with Crippen molar-refractivity contribution in [1.82, 2.24) is 15.3 Å². The number of benzene rings is 1. The third-order valence-electron chi connectivity index (χ3n) is 4.95. The number of piperidine rings is 1. The van der Waals surface area contributed by atoms with Gasteiger partial charge in [-0.2, -0.15) is 0 Å². The molecule has 3 rings (SSSR count). The van der Waals surface area contributed by atoms with Crippen LogP contribution >= 0.6 is 0 Å². The molecule has 0 radical (unpaired) electrons. The van der Waals surface area contributed by atoms with E-state index in [2.05, 4.69) is 15.3 Å². The summed E-state index contributed by atoms with van der Waals surface area (Å²) in [6.45, 7) is 3.45. The monoisotopic (exact) mass is 402 g/mol. The molecule has 1 aliphatic heterocycles. The van der Waals surface area contributed by atoms with Gasteiger partial charge in [0.15, 0.2) is 11.5 Å². The number of ether oxygens (including phenoxy) is 3. The lowest BCUT2D eigenvalue weighted by atomic mass is 9.93. The Morgan fingerprint density at radius 2 is 2.00 bits per heavy atom. The van der Waals surface area contributed by atoms with Gasteiger partial charge >= 0.3 is 0 Å². The van der Waals surface area contributed by atoms with Gasteiger partial charge in [0.1, 0.15) is 6.61 Å². The fraction of sp³-hybridized carbons (Fsp3) is 0.524. The van der Waals surface area contributed by atoms with Crippen LogP contribution in [-0.2, 0) is 11.3 Å². The maximum absolute atomic E-state index is 11.0. The van der Waals surface area contributed by atoms with E-state index in [9.17, 15) is 5.11 Å². The molecule has 1 atom stereocenters. The molecule has 1 aromatic heterocycles. The molecule has 1 saturated heterocycles. The molecule has 1 aromatic carbocycles. The molecule has 0 bridgehead atoms. The molecule has 0 unspecified atom stereocenters. The summed E-state index contributed by atoms with van der Waals surface area (Å²) >= 11 is 0. The molecule has 0 spiro atoms. The lowest BCUT2D eigenvalue weighted by Crippen LogP contribution is -2.53. The molecule has 1 fully saturated rings. The predicted molar refractivity (Wildman–Crippen MR) is 111 cm³/mol. The first-order valence-corrected chi connectivity index (χ1v) is 9.87. The topological polar surface area (TPSA) is 89.0 Å². The summed E-state index contributed by atoms with van der Waals surface area (Å²) in [5.41, 5.74) is 0.239. The van der Waals surface area contributed by atoms with E-state index in [1.165, 1.54) is 0 Å². The fourth-order valence-corrected chi connectivity index (χ4v) is 3.50. The molecule has 1 aliphatic rings. The van der Waals surface area contributed by atoms with Crippen molar-refractivity contribution in [3.05, 3.63) is 42.2 Å². The standard InChI is InChI=1S/C21H30N4O4/c1-27-11-12-29-19-13-17(5-6-18(19)28-2)14-22-15-21(26)7-3-10-25(16-21)20-23-8-4-9-24-20/h4-6,8-9,13,22,26H,3,7,10-12,14-16H2,1-2H3/t21-/m0/s1. The van der Waals surface area contributed by atoms with Crippen molar-refractivity contribution in [2.24, 2.45) is 0 Å². The molecule has 0 aliphatic carbocycles. The molecule has 2 aromatic rings. The minimum Gasteiger partial charge on any atom is -0.493 e. The number of nitrogens with zero attached hydrogens (tertiary/aromatic N) is 3. The summed E-state index contributed by atoms with van der Waals surface area (Å²) in [5.74, 6) is 2.04. The largest absolute Gasteiger partial charge is 0.493 e. The molecule has 8 nitrogen and oxygen atoms in total. The Morgan fingerprint density at radius 1 is 1.17 bits per heavy atom. The third-order valence-corrected chi connectivity index (χ3v) is 4.95. The number of hydrogen-bond acceptors (Lipinski definition) is 8. The summed E-state index contributed by atoms with van der Waals surface area (Å²) in [6.07, 6.45) is 5.10. The van der Waals surface area contributed by atoms with Crippen molar-refractivity contribution in [2.75, 3.05) is 52.0 Å². The zero-order valence-electron chi connectivity index (χ0n) is 17.1. The molecular formula is C21H30N4O4. The quantitative estimate of drug-likeness (QED) is 0.580. The van der Waals surface area contributed by atoms with Gasteiger partial charge in [0, 0.05) is 39.1 Å². The van der Waals surface area contributed by atoms with Crippen LogP contribution in [0.3, 0.4) is 0 Å². The van der Waals surface area contributed by atoms with Gasteiger partial charge in [0.2, 0.25) is 5.95 Å². The smallest absolute Gasteiger partial charge is 0.225 e. The van der Waals surface area contributed by atoms with Gasteiger partial charge in [0.05, 0.1) is 25.9 Å². The number of β-amino-alcohol motifs (C(OH)–C–C–N with tert-alkyl or cyclic N) is 1. The summed E-state index contributed by atoms with van der Waals surface area (Å²) < 4.78 is 16.1. The van der Waals surface area contributed by atoms with Crippen molar-refractivity contribution < 1.29 is 19.3 Å². The number of aliphatic hydroxyl groups is 1. The maximum atomic E-state index is 11.0. The Bertz CT molecular complexity index is 762. The van der Waals surface area contributed by atoms with Crippen LogP contribution in [0.25, 0.3) is 0 Å². The van der Waals surface area contributed by atoms with Gasteiger partial charge in [-0.3, -0.25) is 0 Å². The van der Waals surface area contributed by atoms with E-state index in [0.29, 0.717) is 50.3 Å². The first kappa shape index (κ1) is 21.3. The second-order valence-corrected chi connectivity index (χ2v) is 7.23. The van der Waals surface area contributed by atoms with Crippen LogP contribution in [0.4, 0.5) is 5.95 Å². The van der Waals surface area contributed by atoms with Crippen LogP contribution in [0.1, 0.15) is 18.4 Å². The Morgan fingerprint density at radius 3 is 2.76 bits per heavy atom. The first-order valence-electron chi connectivity index (χ1n) is 9.87. The van der Waals surface area contributed by atoms with E-state index in [1.54, 1.807) is 32.7 Å². The Labute approximate surface area is 171 Å². The third kappa shape index (κ3) is 6.03. The highest BCUT2D eigenvalue weighted by molar-refractivity contribution is 5.43. The van der Waals surface area contributed by atoms with E-state index >= 15 is 0 Å². The highest BCUT2D eigenvalue weighted by Gasteiger charge is 2.33. The molecule has 8 heteroatoms. The van der Waals surface area contributed by atoms with Crippen molar-refractivity contribution >= 4 is 5.95 Å². The van der Waals surface area contributed by atoms with Gasteiger partial charge in [-0.05, 0) is 36.6 Å². The van der Waals surface area contributed by atoms with E-state index in [0.717, 1.165) is 24.9 Å². The van der Waals surface area contributed by atoms with Gasteiger partial charge in [-0.15, -0.1) is 0 Å². The van der Waals surface area contributed by atoms with Crippen LogP contribution in [0.15, 0.2) is 36.7 Å². The van der Waals surface area contributed by atoms with Gasteiger partial charge in [0.25, 0.3) is 0 Å². The molecule has 0 amide bonds. The molecule has 158 valence electrons. The molecular weight excluding hydrogens is 372 g/mol. The van der Waals surface area contributed by atoms with Gasteiger partial charge < -0.3 is 29.5 Å². The summed E-state index contributed by atoms with van der Waals surface area (Å²) in [7, 11) is 3.26. The number of aromatic nitrogens is 2. The van der Waals surface area contributed by atoms with E-state index in [1.807, 2.05) is 23.1 Å². The number of anilines is 1. The SMILES string of the molecule is COCCOc1cc(CNC[C@@]2(O)CCCN(c3ncccn3)C2)ccc1OC. The Kier molecular flexibility index (Phi) is 7.62. The van der Waals surface area contributed by atoms with Crippen LogP contribution < -0.4 is 19.7 Å². The number of methoxy groups -OCH3 is 2. The predicted octanol–water partition coefficient (Wildman–Crippen LogP) is 1.63. The van der Waals surface area contributed by atoms with E-state index in [-0.39, 0.29) is 0 Å². The highest BCUT2D eigenvalue weighted by Crippen LogP contribution is 2.28. The Hall–Kier alpha value is -2.42. The average molecular weight is 402 g/mol. The second kappa shape index (κ2) is 10.4. The van der Waals surface area contributed by atoms with Crippen LogP contribution in [0, 0.1) is 0 Å². The zero-order chi connectivity index (χ0) is 20.5. The average Bonchev–Trinajstić information content (AvgIpc) is 2.75. The fourth-order valence-electron chi connectivity index (χ4n) is 3.50. The van der Waals surface area contributed by atoms with Crippen LogP contribution in [0.2, 0.25) is 0 Å². The summed E-state index contributed by atoms with van der Waals surface area (Å²) in [4.78, 5) is 10.6. The van der Waals surface area contributed by atoms with Crippen LogP contribution in [0.5, 0.6) is 11.5 Å². The van der Waals surface area contributed by atoms with Crippen molar-refractivity contribution in [3.63, 3.8) is 0 Å². The second-order valence-electron chi connectivity index (χ2n) is 7.23. The minimum atomic E-state index is -0.818. The number of nitrogens with one attached hydrogen (secondary N) is 1.